The van der Waals surface area contributed by atoms with Crippen molar-refractivity contribution >= 4 is 23.4 Å². The van der Waals surface area contributed by atoms with Crippen LogP contribution in [0.15, 0.2) is 24.3 Å². The second kappa shape index (κ2) is 6.63. The largest absolute Gasteiger partial charge is 0.394 e. The molecule has 0 radical (unpaired) electrons. The molecule has 0 aromatic heterocycles. The van der Waals surface area contributed by atoms with Crippen molar-refractivity contribution in [3.8, 4) is 0 Å². The van der Waals surface area contributed by atoms with Crippen LogP contribution in [-0.4, -0.2) is 41.5 Å². The van der Waals surface area contributed by atoms with Gasteiger partial charge in [0.2, 0.25) is 5.91 Å². The number of rotatable bonds is 3. The summed E-state index contributed by atoms with van der Waals surface area (Å²) in [5.41, 5.74) is -1.06. The van der Waals surface area contributed by atoms with Gasteiger partial charge >= 0.3 is 6.18 Å². The minimum Gasteiger partial charge on any atom is -0.343 e. The smallest absolute Gasteiger partial charge is 0.343 e. The van der Waals surface area contributed by atoms with Crippen molar-refractivity contribution in [2.24, 2.45) is 5.92 Å². The Morgan fingerprint density at radius 3 is 2.58 bits per heavy atom. The Morgan fingerprint density at radius 1 is 1.38 bits per heavy atom. The van der Waals surface area contributed by atoms with E-state index in [9.17, 15) is 22.8 Å². The number of nitrogens with zero attached hydrogens (tertiary/aromatic N) is 1. The van der Waals surface area contributed by atoms with Gasteiger partial charge in [-0.15, -0.1) is 0 Å². The van der Waals surface area contributed by atoms with Crippen LogP contribution in [0.1, 0.15) is 30.6 Å². The number of halogens is 4. The second-order valence-electron chi connectivity index (χ2n) is 6.27. The maximum absolute atomic E-state index is 13.0. The predicted molar refractivity (Wildman–Crippen MR) is 83.7 cm³/mol. The standard InChI is InChI=1S/C16H18ClF3N2O2/c1-15(2)12(16(18,19)20)6-7-22(15)13(23)9-21-14(24)10-4-3-5-11(17)8-10/h3-5,8,12H,6-7,9H2,1-2H3,(H,21,24)/t12-/m0/s1. The molecular weight excluding hydrogens is 345 g/mol. The molecule has 0 bridgehead atoms. The van der Waals surface area contributed by atoms with Crippen molar-refractivity contribution in [3.05, 3.63) is 34.9 Å². The van der Waals surface area contributed by atoms with Crippen molar-refractivity contribution < 1.29 is 22.8 Å². The Balaban J connectivity index is 1.99. The Morgan fingerprint density at radius 2 is 2.04 bits per heavy atom. The minimum absolute atomic E-state index is 0.0169. The van der Waals surface area contributed by atoms with E-state index in [0.717, 1.165) is 0 Å². The molecule has 0 unspecified atom stereocenters. The normalized spacial score (nSPS) is 20.1. The minimum atomic E-state index is -4.36. The Bertz CT molecular complexity index is 646. The molecule has 2 amide bonds. The second-order valence-corrected chi connectivity index (χ2v) is 6.71. The van der Waals surface area contributed by atoms with Gasteiger partial charge in [0.1, 0.15) is 0 Å². The number of amides is 2. The lowest BCUT2D eigenvalue weighted by Crippen LogP contribution is -2.52. The van der Waals surface area contributed by atoms with Crippen molar-refractivity contribution in [1.29, 1.82) is 0 Å². The number of likely N-dealkylation sites (tertiary alicyclic amines) is 1. The first-order valence-electron chi connectivity index (χ1n) is 7.44. The highest BCUT2D eigenvalue weighted by atomic mass is 35.5. The van der Waals surface area contributed by atoms with Gasteiger partial charge in [-0.05, 0) is 38.5 Å². The van der Waals surface area contributed by atoms with E-state index in [1.165, 1.54) is 30.9 Å². The topological polar surface area (TPSA) is 49.4 Å². The third-order valence-corrected chi connectivity index (χ3v) is 4.61. The van der Waals surface area contributed by atoms with Crippen LogP contribution in [0.2, 0.25) is 5.02 Å². The first kappa shape index (κ1) is 18.6. The van der Waals surface area contributed by atoms with Gasteiger partial charge in [0.25, 0.3) is 5.91 Å². The Kier molecular flexibility index (Phi) is 5.13. The molecule has 1 aromatic carbocycles. The maximum Gasteiger partial charge on any atom is 0.394 e. The van der Waals surface area contributed by atoms with Gasteiger partial charge in [-0.25, -0.2) is 0 Å². The monoisotopic (exact) mass is 362 g/mol. The van der Waals surface area contributed by atoms with Crippen molar-refractivity contribution in [3.63, 3.8) is 0 Å². The predicted octanol–water partition coefficient (Wildman–Crippen LogP) is 3.26. The van der Waals surface area contributed by atoms with Crippen LogP contribution < -0.4 is 5.32 Å². The van der Waals surface area contributed by atoms with Crippen LogP contribution >= 0.6 is 11.6 Å². The molecule has 1 aliphatic rings. The van der Waals surface area contributed by atoms with Crippen LogP contribution in [0.25, 0.3) is 0 Å². The van der Waals surface area contributed by atoms with Gasteiger partial charge in [0.05, 0.1) is 12.5 Å². The molecule has 4 nitrogen and oxygen atoms in total. The summed E-state index contributed by atoms with van der Waals surface area (Å²) in [5, 5.41) is 2.80. The van der Waals surface area contributed by atoms with Crippen molar-refractivity contribution in [2.75, 3.05) is 13.1 Å². The molecule has 1 saturated heterocycles. The number of nitrogens with one attached hydrogen (secondary N) is 1. The highest BCUT2D eigenvalue weighted by Crippen LogP contribution is 2.44. The van der Waals surface area contributed by atoms with E-state index < -0.39 is 29.4 Å². The van der Waals surface area contributed by atoms with E-state index in [2.05, 4.69) is 5.32 Å². The van der Waals surface area contributed by atoms with Gasteiger partial charge in [0, 0.05) is 22.7 Å². The van der Waals surface area contributed by atoms with Crippen molar-refractivity contribution in [1.82, 2.24) is 10.2 Å². The lowest BCUT2D eigenvalue weighted by molar-refractivity contribution is -0.192. The number of benzene rings is 1. The van der Waals surface area contributed by atoms with Crippen molar-refractivity contribution in [2.45, 2.75) is 32.0 Å². The van der Waals surface area contributed by atoms with E-state index >= 15 is 0 Å². The average Bonchev–Trinajstić information content (AvgIpc) is 2.79. The highest BCUT2D eigenvalue weighted by molar-refractivity contribution is 6.30. The number of alkyl halides is 3. The fourth-order valence-electron chi connectivity index (χ4n) is 3.08. The van der Waals surface area contributed by atoms with Crippen LogP contribution in [-0.2, 0) is 4.79 Å². The third-order valence-electron chi connectivity index (χ3n) is 4.37. The maximum atomic E-state index is 13.0. The molecule has 24 heavy (non-hydrogen) atoms. The summed E-state index contributed by atoms with van der Waals surface area (Å²) in [6, 6.07) is 6.18. The molecule has 8 heteroatoms. The van der Waals surface area contributed by atoms with Crippen LogP contribution in [0.3, 0.4) is 0 Å². The molecule has 0 spiro atoms. The summed E-state index contributed by atoms with van der Waals surface area (Å²) < 4.78 is 39.1. The zero-order chi connectivity index (χ0) is 18.1. The molecule has 1 fully saturated rings. The summed E-state index contributed by atoms with van der Waals surface area (Å²) in [4.78, 5) is 25.4. The van der Waals surface area contributed by atoms with Crippen LogP contribution in [0, 0.1) is 5.92 Å². The van der Waals surface area contributed by atoms with Gasteiger partial charge in [-0.1, -0.05) is 17.7 Å². The molecule has 1 atom stereocenters. The highest BCUT2D eigenvalue weighted by Gasteiger charge is 2.56. The molecule has 1 aliphatic heterocycles. The Labute approximate surface area is 143 Å². The molecule has 1 heterocycles. The van der Waals surface area contributed by atoms with Gasteiger partial charge in [-0.3, -0.25) is 9.59 Å². The SMILES string of the molecule is CC1(C)[C@@H](C(F)(F)F)CCN1C(=O)CNC(=O)c1cccc(Cl)c1. The summed E-state index contributed by atoms with van der Waals surface area (Å²) >= 11 is 5.79. The summed E-state index contributed by atoms with van der Waals surface area (Å²) in [7, 11) is 0. The lowest BCUT2D eigenvalue weighted by atomic mass is 9.88. The molecule has 0 aliphatic carbocycles. The first-order chi connectivity index (χ1) is 11.0. The van der Waals surface area contributed by atoms with E-state index in [-0.39, 0.29) is 25.1 Å². The quantitative estimate of drug-likeness (QED) is 0.897. The van der Waals surface area contributed by atoms with Crippen LogP contribution in [0.4, 0.5) is 13.2 Å². The zero-order valence-electron chi connectivity index (χ0n) is 13.3. The summed E-state index contributed by atoms with van der Waals surface area (Å²) in [6.07, 6.45) is -4.49. The van der Waals surface area contributed by atoms with Gasteiger partial charge < -0.3 is 10.2 Å². The first-order valence-corrected chi connectivity index (χ1v) is 7.82. The number of carbonyl (C=O) groups excluding carboxylic acids is 2. The van der Waals surface area contributed by atoms with E-state index in [4.69, 9.17) is 11.6 Å². The number of hydrogen-bond acceptors (Lipinski definition) is 2. The molecule has 1 N–H and O–H groups in total. The molecule has 0 saturated carbocycles. The Hall–Kier alpha value is -1.76. The van der Waals surface area contributed by atoms with E-state index in [1.54, 1.807) is 12.1 Å². The fraction of sp³-hybridized carbons (Fsp3) is 0.500. The third kappa shape index (κ3) is 3.83. The number of carbonyl (C=O) groups is 2. The summed E-state index contributed by atoms with van der Waals surface area (Å²) in [5.74, 6) is -2.62. The molecule has 132 valence electrons. The average molecular weight is 363 g/mol. The number of hydrogen-bond donors (Lipinski definition) is 1. The van der Waals surface area contributed by atoms with Crippen LogP contribution in [0.5, 0.6) is 0 Å². The summed E-state index contributed by atoms with van der Waals surface area (Å²) in [6.45, 7) is 2.45. The van der Waals surface area contributed by atoms with Gasteiger partial charge in [0.15, 0.2) is 0 Å². The molecule has 1 aromatic rings. The lowest BCUT2D eigenvalue weighted by Gasteiger charge is -2.36. The van der Waals surface area contributed by atoms with E-state index in [1.807, 2.05) is 0 Å². The molecular formula is C16H18ClF3N2O2. The zero-order valence-corrected chi connectivity index (χ0v) is 14.0. The molecule has 2 rings (SSSR count). The van der Waals surface area contributed by atoms with E-state index in [0.29, 0.717) is 5.02 Å². The van der Waals surface area contributed by atoms with Gasteiger partial charge in [-0.2, -0.15) is 13.2 Å². The fourth-order valence-corrected chi connectivity index (χ4v) is 3.27.